The van der Waals surface area contributed by atoms with Gasteiger partial charge in [-0.15, -0.1) is 0 Å². The Hall–Kier alpha value is -0.770. The van der Waals surface area contributed by atoms with E-state index in [2.05, 4.69) is 0 Å². The number of cyclic esters (lactones) is 1. The molecule has 13 heavy (non-hydrogen) atoms. The van der Waals surface area contributed by atoms with Gasteiger partial charge in [0.25, 0.3) is 0 Å². The van der Waals surface area contributed by atoms with Gasteiger partial charge in [0.2, 0.25) is 0 Å². The number of rotatable bonds is 1. The van der Waals surface area contributed by atoms with E-state index in [1.54, 1.807) is 4.90 Å². The van der Waals surface area contributed by atoms with Gasteiger partial charge in [-0.1, -0.05) is 0 Å². The van der Waals surface area contributed by atoms with Crippen molar-refractivity contribution in [3.05, 3.63) is 0 Å². The van der Waals surface area contributed by atoms with Gasteiger partial charge in [-0.2, -0.15) is 0 Å². The van der Waals surface area contributed by atoms with Gasteiger partial charge in [-0.05, 0) is 20.8 Å². The fourth-order valence-corrected chi connectivity index (χ4v) is 1.34. The van der Waals surface area contributed by atoms with Crippen molar-refractivity contribution in [2.75, 3.05) is 19.7 Å². The molecule has 76 valence electrons. The largest absolute Gasteiger partial charge is 0.449 e. The quantitative estimate of drug-likeness (QED) is 0.659. The summed E-state index contributed by atoms with van der Waals surface area (Å²) in [6, 6.07) is 0. The summed E-state index contributed by atoms with van der Waals surface area (Å²) >= 11 is 0. The molecule has 0 radical (unpaired) electrons. The molecule has 0 saturated carbocycles. The fraction of sp³-hybridized carbons (Fsp3) is 0.889. The molecule has 1 aliphatic heterocycles. The second-order valence-electron chi connectivity index (χ2n) is 4.46. The normalized spacial score (nSPS) is 24.5. The Bertz CT molecular complexity index is 198. The first-order chi connectivity index (χ1) is 5.95. The number of carbonyl (C=O) groups excluding carboxylic acids is 1. The van der Waals surface area contributed by atoms with Crippen molar-refractivity contribution in [2.24, 2.45) is 11.7 Å². The molecule has 4 heteroatoms. The summed E-state index contributed by atoms with van der Waals surface area (Å²) in [5.74, 6) is 0.275. The molecule has 1 heterocycles. The summed E-state index contributed by atoms with van der Waals surface area (Å²) in [4.78, 5) is 13.1. The first-order valence-electron chi connectivity index (χ1n) is 4.59. The summed E-state index contributed by atoms with van der Waals surface area (Å²) in [6.45, 7) is 7.72. The van der Waals surface area contributed by atoms with Crippen molar-refractivity contribution in [1.82, 2.24) is 4.90 Å². The molecule has 0 bridgehead atoms. The number of hydrogen-bond donors (Lipinski definition) is 1. The van der Waals surface area contributed by atoms with Gasteiger partial charge in [-0.25, -0.2) is 4.79 Å². The van der Waals surface area contributed by atoms with Gasteiger partial charge in [0.05, 0.1) is 6.61 Å². The van der Waals surface area contributed by atoms with Crippen molar-refractivity contribution in [2.45, 2.75) is 26.3 Å². The molecule has 0 unspecified atom stereocenters. The highest BCUT2D eigenvalue weighted by Crippen LogP contribution is 2.20. The van der Waals surface area contributed by atoms with Gasteiger partial charge in [0, 0.05) is 24.5 Å². The van der Waals surface area contributed by atoms with Crippen LogP contribution in [0.2, 0.25) is 0 Å². The maximum Gasteiger partial charge on any atom is 0.410 e. The van der Waals surface area contributed by atoms with Gasteiger partial charge in [0.1, 0.15) is 0 Å². The molecule has 2 N–H and O–H groups in total. The second kappa shape index (κ2) is 3.54. The van der Waals surface area contributed by atoms with Crippen LogP contribution in [0.3, 0.4) is 0 Å². The van der Waals surface area contributed by atoms with Gasteiger partial charge in [-0.3, -0.25) is 0 Å². The highest BCUT2D eigenvalue weighted by molar-refractivity contribution is 5.69. The van der Waals surface area contributed by atoms with E-state index in [9.17, 15) is 4.79 Å². The molecule has 1 fully saturated rings. The minimum Gasteiger partial charge on any atom is -0.449 e. The number of nitrogens with two attached hydrogens (primary N) is 1. The Labute approximate surface area is 79.0 Å². The van der Waals surface area contributed by atoms with E-state index in [-0.39, 0.29) is 17.6 Å². The average Bonchev–Trinajstić information content (AvgIpc) is 2.03. The van der Waals surface area contributed by atoms with E-state index in [0.29, 0.717) is 19.7 Å². The minimum absolute atomic E-state index is 0.176. The molecule has 1 amide bonds. The van der Waals surface area contributed by atoms with Gasteiger partial charge in [0.15, 0.2) is 0 Å². The lowest BCUT2D eigenvalue weighted by Crippen LogP contribution is -2.53. The SMILES string of the molecule is CC(C)(C)N1C[C@@H](CN)COC1=O. The van der Waals surface area contributed by atoms with Crippen LogP contribution < -0.4 is 5.73 Å². The maximum atomic E-state index is 11.4. The molecule has 1 aliphatic rings. The van der Waals surface area contributed by atoms with Gasteiger partial charge < -0.3 is 15.4 Å². The van der Waals surface area contributed by atoms with Gasteiger partial charge >= 0.3 is 6.09 Å². The number of nitrogens with zero attached hydrogens (tertiary/aromatic N) is 1. The number of hydrogen-bond acceptors (Lipinski definition) is 3. The van der Waals surface area contributed by atoms with E-state index in [1.165, 1.54) is 0 Å². The lowest BCUT2D eigenvalue weighted by Gasteiger charge is -2.40. The highest BCUT2D eigenvalue weighted by atomic mass is 16.6. The molecule has 4 nitrogen and oxygen atoms in total. The number of ether oxygens (including phenoxy) is 1. The molecular weight excluding hydrogens is 168 g/mol. The number of carbonyl (C=O) groups is 1. The summed E-state index contributed by atoms with van der Waals surface area (Å²) in [7, 11) is 0. The first-order valence-corrected chi connectivity index (χ1v) is 4.59. The molecule has 0 aromatic heterocycles. The molecule has 0 aliphatic carbocycles. The van der Waals surface area contributed by atoms with Crippen LogP contribution in [-0.4, -0.2) is 36.2 Å². The van der Waals surface area contributed by atoms with Crippen molar-refractivity contribution < 1.29 is 9.53 Å². The van der Waals surface area contributed by atoms with Crippen molar-refractivity contribution in [3.63, 3.8) is 0 Å². The topological polar surface area (TPSA) is 55.6 Å². The van der Waals surface area contributed by atoms with Crippen LogP contribution in [-0.2, 0) is 4.74 Å². The van der Waals surface area contributed by atoms with Crippen LogP contribution in [0.5, 0.6) is 0 Å². The third-order valence-electron chi connectivity index (χ3n) is 2.25. The summed E-state index contributed by atoms with van der Waals surface area (Å²) in [6.07, 6.45) is -0.225. The summed E-state index contributed by atoms with van der Waals surface area (Å²) in [5, 5.41) is 0. The van der Waals surface area contributed by atoms with Crippen molar-refractivity contribution in [1.29, 1.82) is 0 Å². The number of amides is 1. The molecule has 1 saturated heterocycles. The third-order valence-corrected chi connectivity index (χ3v) is 2.25. The van der Waals surface area contributed by atoms with Crippen molar-refractivity contribution >= 4 is 6.09 Å². The lowest BCUT2D eigenvalue weighted by molar-refractivity contribution is 0.0116. The van der Waals surface area contributed by atoms with E-state index < -0.39 is 0 Å². The zero-order valence-corrected chi connectivity index (χ0v) is 8.54. The third kappa shape index (κ3) is 2.34. The predicted octanol–water partition coefficient (Wildman–Crippen LogP) is 0.812. The fourth-order valence-electron chi connectivity index (χ4n) is 1.34. The Balaban J connectivity index is 2.66. The molecule has 0 spiro atoms. The van der Waals surface area contributed by atoms with Crippen LogP contribution in [0, 0.1) is 5.92 Å². The Morgan fingerprint density at radius 2 is 2.23 bits per heavy atom. The maximum absolute atomic E-state index is 11.4. The predicted molar refractivity (Wildman–Crippen MR) is 50.4 cm³/mol. The first kappa shape index (κ1) is 10.3. The van der Waals surface area contributed by atoms with Crippen LogP contribution in [0.4, 0.5) is 4.79 Å². The summed E-state index contributed by atoms with van der Waals surface area (Å²) in [5.41, 5.74) is 5.36. The van der Waals surface area contributed by atoms with Crippen LogP contribution >= 0.6 is 0 Å². The molecule has 1 atom stereocenters. The monoisotopic (exact) mass is 186 g/mol. The van der Waals surface area contributed by atoms with Crippen molar-refractivity contribution in [3.8, 4) is 0 Å². The summed E-state index contributed by atoms with van der Waals surface area (Å²) < 4.78 is 5.03. The molecule has 1 rings (SSSR count). The van der Waals surface area contributed by atoms with E-state index in [0.717, 1.165) is 0 Å². The minimum atomic E-state index is -0.225. The van der Waals surface area contributed by atoms with Crippen LogP contribution in [0.15, 0.2) is 0 Å². The standard InChI is InChI=1S/C9H18N2O2/c1-9(2,3)11-5-7(4-10)6-13-8(11)12/h7H,4-6,10H2,1-3H3/t7-/m1/s1. The second-order valence-corrected chi connectivity index (χ2v) is 4.46. The van der Waals surface area contributed by atoms with E-state index in [1.807, 2.05) is 20.8 Å². The smallest absolute Gasteiger partial charge is 0.410 e. The zero-order valence-electron chi connectivity index (χ0n) is 8.54. The average molecular weight is 186 g/mol. The lowest BCUT2D eigenvalue weighted by atomic mass is 10.0. The highest BCUT2D eigenvalue weighted by Gasteiger charge is 2.33. The molecular formula is C9H18N2O2. The Morgan fingerprint density at radius 1 is 1.62 bits per heavy atom. The van der Waals surface area contributed by atoms with Crippen LogP contribution in [0.1, 0.15) is 20.8 Å². The van der Waals surface area contributed by atoms with E-state index >= 15 is 0 Å². The Morgan fingerprint density at radius 3 is 2.69 bits per heavy atom. The molecule has 0 aromatic rings. The molecule has 0 aromatic carbocycles. The van der Waals surface area contributed by atoms with E-state index in [4.69, 9.17) is 10.5 Å². The Kier molecular flexibility index (Phi) is 2.81. The van der Waals surface area contributed by atoms with Crippen LogP contribution in [0.25, 0.3) is 0 Å². The zero-order chi connectivity index (χ0) is 10.1.